The topological polar surface area (TPSA) is 104 Å². The second kappa shape index (κ2) is 8.03. The maximum absolute atomic E-state index is 11.4. The summed E-state index contributed by atoms with van der Waals surface area (Å²) in [5.41, 5.74) is -0.725. The van der Waals surface area contributed by atoms with Crippen LogP contribution in [0.25, 0.3) is 0 Å². The number of nitrogens with zero attached hydrogens (tertiary/aromatic N) is 3. The highest BCUT2D eigenvalue weighted by atomic mass is 16.6. The monoisotopic (exact) mass is 283 g/mol. The average Bonchev–Trinajstić information content (AvgIpc) is 2.40. The van der Waals surface area contributed by atoms with Crippen LogP contribution in [0.5, 0.6) is 0 Å². The number of esters is 1. The zero-order valence-electron chi connectivity index (χ0n) is 11.3. The first-order valence-corrected chi connectivity index (χ1v) is 6.41. The molecular formula is C12H17N3O5. The van der Waals surface area contributed by atoms with E-state index in [4.69, 9.17) is 4.74 Å². The molecule has 0 radical (unpaired) electrons. The number of hydrogen-bond acceptors (Lipinski definition) is 6. The number of rotatable bonds is 8. The lowest BCUT2D eigenvalue weighted by Gasteiger charge is -2.04. The first-order valence-electron chi connectivity index (χ1n) is 6.41. The van der Waals surface area contributed by atoms with Crippen LogP contribution in [0.2, 0.25) is 0 Å². The molecule has 0 amide bonds. The molecule has 0 unspecified atom stereocenters. The lowest BCUT2D eigenvalue weighted by Crippen LogP contribution is -2.22. The Bertz CT molecular complexity index is 526. The van der Waals surface area contributed by atoms with Crippen LogP contribution in [-0.4, -0.2) is 27.1 Å². The summed E-state index contributed by atoms with van der Waals surface area (Å²) in [6.45, 7) is 2.46. The Labute approximate surface area is 115 Å². The van der Waals surface area contributed by atoms with Gasteiger partial charge in [-0.05, 0) is 19.8 Å². The minimum Gasteiger partial charge on any atom is -0.466 e. The van der Waals surface area contributed by atoms with Crippen molar-refractivity contribution in [2.24, 2.45) is 0 Å². The predicted octanol–water partition coefficient (Wildman–Crippen LogP) is 1.27. The van der Waals surface area contributed by atoms with Gasteiger partial charge >= 0.3 is 17.3 Å². The van der Waals surface area contributed by atoms with Gasteiger partial charge in [0, 0.05) is 13.0 Å². The van der Waals surface area contributed by atoms with Gasteiger partial charge in [0.25, 0.3) is 0 Å². The maximum Gasteiger partial charge on any atom is 0.347 e. The minimum absolute atomic E-state index is 0.212. The van der Waals surface area contributed by atoms with Crippen LogP contribution in [0.1, 0.15) is 32.6 Å². The van der Waals surface area contributed by atoms with E-state index in [2.05, 4.69) is 4.98 Å². The molecule has 110 valence electrons. The molecule has 1 rings (SSSR count). The molecule has 0 saturated carbocycles. The summed E-state index contributed by atoms with van der Waals surface area (Å²) in [5, 5.41) is 10.6. The van der Waals surface area contributed by atoms with Crippen LogP contribution >= 0.6 is 0 Å². The highest BCUT2D eigenvalue weighted by Crippen LogP contribution is 2.07. The molecule has 1 aromatic rings. The van der Waals surface area contributed by atoms with Crippen molar-refractivity contribution >= 4 is 11.7 Å². The fraction of sp³-hybridized carbons (Fsp3) is 0.583. The van der Waals surface area contributed by atoms with Crippen LogP contribution in [0.4, 0.5) is 5.69 Å². The quantitative estimate of drug-likeness (QED) is 0.308. The van der Waals surface area contributed by atoms with E-state index in [1.807, 2.05) is 0 Å². The Balaban J connectivity index is 2.38. The van der Waals surface area contributed by atoms with E-state index in [-0.39, 0.29) is 11.7 Å². The number of hydrogen-bond donors (Lipinski definition) is 0. The molecule has 0 aliphatic carbocycles. The SMILES string of the molecule is CCOC(=O)CCCCCn1cc([N+](=O)[O-])cnc1=O. The number of carbonyl (C=O) groups is 1. The van der Waals surface area contributed by atoms with Crippen molar-refractivity contribution in [1.82, 2.24) is 9.55 Å². The van der Waals surface area contributed by atoms with Crippen LogP contribution in [0, 0.1) is 10.1 Å². The second-order valence-electron chi connectivity index (χ2n) is 4.16. The molecule has 0 fully saturated rings. The third-order valence-electron chi connectivity index (χ3n) is 2.64. The zero-order chi connectivity index (χ0) is 15.0. The van der Waals surface area contributed by atoms with Crippen LogP contribution < -0.4 is 5.69 Å². The van der Waals surface area contributed by atoms with Crippen LogP contribution in [0.3, 0.4) is 0 Å². The standard InChI is InChI=1S/C12H17N3O5/c1-2-20-11(16)6-4-3-5-7-14-9-10(15(18)19)8-13-12(14)17/h8-9H,2-7H2,1H3. The highest BCUT2D eigenvalue weighted by molar-refractivity contribution is 5.69. The first kappa shape index (κ1) is 15.8. The summed E-state index contributed by atoms with van der Waals surface area (Å²) in [5.74, 6) is -0.235. The highest BCUT2D eigenvalue weighted by Gasteiger charge is 2.08. The average molecular weight is 283 g/mol. The van der Waals surface area contributed by atoms with E-state index in [0.717, 1.165) is 12.6 Å². The Morgan fingerprint density at radius 3 is 2.85 bits per heavy atom. The summed E-state index contributed by atoms with van der Waals surface area (Å²) in [6.07, 6.45) is 4.50. The number of aryl methyl sites for hydroxylation is 1. The number of unbranched alkanes of at least 4 members (excludes halogenated alkanes) is 2. The van der Waals surface area contributed by atoms with Crippen molar-refractivity contribution in [2.75, 3.05) is 6.61 Å². The van der Waals surface area contributed by atoms with Crippen LogP contribution in [-0.2, 0) is 16.1 Å². The molecule has 0 aliphatic heterocycles. The van der Waals surface area contributed by atoms with E-state index < -0.39 is 10.6 Å². The third-order valence-corrected chi connectivity index (χ3v) is 2.64. The fourth-order valence-electron chi connectivity index (χ4n) is 1.66. The van der Waals surface area contributed by atoms with Gasteiger partial charge in [0.05, 0.1) is 17.7 Å². The van der Waals surface area contributed by atoms with Crippen molar-refractivity contribution in [2.45, 2.75) is 39.2 Å². The summed E-state index contributed by atoms with van der Waals surface area (Å²) in [4.78, 5) is 35.9. The van der Waals surface area contributed by atoms with Crippen molar-refractivity contribution in [3.05, 3.63) is 33.0 Å². The molecule has 0 bridgehead atoms. The van der Waals surface area contributed by atoms with Crippen LogP contribution in [0.15, 0.2) is 17.2 Å². The van der Waals surface area contributed by atoms with E-state index in [0.29, 0.717) is 32.4 Å². The smallest absolute Gasteiger partial charge is 0.347 e. The molecular weight excluding hydrogens is 266 g/mol. The maximum atomic E-state index is 11.4. The fourth-order valence-corrected chi connectivity index (χ4v) is 1.66. The Hall–Kier alpha value is -2.25. The van der Waals surface area contributed by atoms with Crippen molar-refractivity contribution in [3.8, 4) is 0 Å². The number of nitro groups is 1. The Kier molecular flexibility index (Phi) is 6.34. The molecule has 0 spiro atoms. The first-order chi connectivity index (χ1) is 9.54. The molecule has 0 aliphatic rings. The van der Waals surface area contributed by atoms with Crippen molar-refractivity contribution in [3.63, 3.8) is 0 Å². The van der Waals surface area contributed by atoms with Gasteiger partial charge in [-0.15, -0.1) is 0 Å². The lowest BCUT2D eigenvalue weighted by atomic mass is 10.2. The van der Waals surface area contributed by atoms with E-state index in [1.54, 1.807) is 6.92 Å². The van der Waals surface area contributed by atoms with Gasteiger partial charge in [0.2, 0.25) is 0 Å². The van der Waals surface area contributed by atoms with E-state index in [9.17, 15) is 19.7 Å². The summed E-state index contributed by atoms with van der Waals surface area (Å²) in [7, 11) is 0. The lowest BCUT2D eigenvalue weighted by molar-refractivity contribution is -0.385. The van der Waals surface area contributed by atoms with Gasteiger partial charge in [0.15, 0.2) is 0 Å². The molecule has 1 heterocycles. The summed E-state index contributed by atoms with van der Waals surface area (Å²) >= 11 is 0. The van der Waals surface area contributed by atoms with Gasteiger partial charge in [-0.25, -0.2) is 4.79 Å². The Morgan fingerprint density at radius 2 is 2.20 bits per heavy atom. The molecule has 0 N–H and O–H groups in total. The normalized spacial score (nSPS) is 10.2. The van der Waals surface area contributed by atoms with Crippen molar-refractivity contribution < 1.29 is 14.5 Å². The third kappa shape index (κ3) is 5.17. The van der Waals surface area contributed by atoms with Gasteiger partial charge < -0.3 is 4.74 Å². The second-order valence-corrected chi connectivity index (χ2v) is 4.16. The number of aromatic nitrogens is 2. The molecule has 8 heteroatoms. The largest absolute Gasteiger partial charge is 0.466 e. The van der Waals surface area contributed by atoms with E-state index >= 15 is 0 Å². The van der Waals surface area contributed by atoms with E-state index in [1.165, 1.54) is 10.8 Å². The Morgan fingerprint density at radius 1 is 1.45 bits per heavy atom. The predicted molar refractivity (Wildman–Crippen MR) is 70.3 cm³/mol. The molecule has 0 saturated heterocycles. The van der Waals surface area contributed by atoms with Crippen molar-refractivity contribution in [1.29, 1.82) is 0 Å². The van der Waals surface area contributed by atoms with Gasteiger partial charge in [-0.2, -0.15) is 4.98 Å². The zero-order valence-corrected chi connectivity index (χ0v) is 11.3. The van der Waals surface area contributed by atoms with Gasteiger partial charge in [-0.3, -0.25) is 19.5 Å². The minimum atomic E-state index is -0.594. The molecule has 8 nitrogen and oxygen atoms in total. The number of carbonyl (C=O) groups excluding carboxylic acids is 1. The molecule has 1 aromatic heterocycles. The van der Waals surface area contributed by atoms with Gasteiger partial charge in [0.1, 0.15) is 6.20 Å². The molecule has 20 heavy (non-hydrogen) atoms. The summed E-state index contributed by atoms with van der Waals surface area (Å²) in [6, 6.07) is 0. The molecule has 0 aromatic carbocycles. The molecule has 0 atom stereocenters. The summed E-state index contributed by atoms with van der Waals surface area (Å²) < 4.78 is 6.00. The number of ether oxygens (including phenoxy) is 1. The van der Waals surface area contributed by atoms with Gasteiger partial charge in [-0.1, -0.05) is 6.42 Å².